The van der Waals surface area contributed by atoms with Gasteiger partial charge in [0.15, 0.2) is 0 Å². The van der Waals surface area contributed by atoms with Crippen LogP contribution in [0.15, 0.2) is 60.7 Å². The van der Waals surface area contributed by atoms with E-state index >= 15 is 0 Å². The maximum absolute atomic E-state index is 14.0. The van der Waals surface area contributed by atoms with Gasteiger partial charge in [-0.15, -0.1) is 0 Å². The van der Waals surface area contributed by atoms with Crippen LogP contribution >= 0.6 is 0 Å². The fourth-order valence-electron chi connectivity index (χ4n) is 9.85. The first-order chi connectivity index (χ1) is 29.9. The molecule has 6 aromatic rings. The summed E-state index contributed by atoms with van der Waals surface area (Å²) in [4.78, 5) is 73.4. The Morgan fingerprint density at radius 1 is 0.694 bits per heavy atom. The van der Waals surface area contributed by atoms with Crippen LogP contribution in [0.25, 0.3) is 54.7 Å². The summed E-state index contributed by atoms with van der Waals surface area (Å²) in [6.07, 6.45) is 1.21. The van der Waals surface area contributed by atoms with E-state index in [2.05, 4.69) is 75.2 Å². The number of benzene rings is 4. The lowest BCUT2D eigenvalue weighted by Gasteiger charge is -2.31. The molecule has 2 saturated heterocycles. The highest BCUT2D eigenvalue weighted by Gasteiger charge is 2.56. The number of imidazole rings is 2. The molecule has 62 heavy (non-hydrogen) atoms. The molecular weight excluding hydrogens is 789 g/mol. The Morgan fingerprint density at radius 3 is 1.74 bits per heavy atom. The summed E-state index contributed by atoms with van der Waals surface area (Å²) in [5.74, 6) is 1.46. The third kappa shape index (κ3) is 7.35. The van der Waals surface area contributed by atoms with E-state index in [1.807, 2.05) is 43.6 Å². The summed E-state index contributed by atoms with van der Waals surface area (Å²) in [7, 11) is 4.26. The molecule has 0 spiro atoms. The minimum Gasteiger partial charge on any atom is -0.453 e. The third-order valence-electron chi connectivity index (χ3n) is 13.2. The van der Waals surface area contributed by atoms with Gasteiger partial charge in [0, 0.05) is 36.4 Å². The van der Waals surface area contributed by atoms with Crippen molar-refractivity contribution in [2.45, 2.75) is 77.2 Å². The van der Waals surface area contributed by atoms with Gasteiger partial charge >= 0.3 is 12.2 Å². The Labute approximate surface area is 359 Å². The molecule has 9 rings (SSSR count). The van der Waals surface area contributed by atoms with E-state index in [4.69, 9.17) is 24.2 Å². The Hall–Kier alpha value is -6.22. The average molecular weight is 843 g/mol. The lowest BCUT2D eigenvalue weighted by molar-refractivity contribution is -0.137. The molecule has 4 heterocycles. The first-order valence-electron chi connectivity index (χ1n) is 21.5. The van der Waals surface area contributed by atoms with E-state index in [0.717, 1.165) is 73.4 Å². The number of alkyl carbamates (subject to hydrolysis) is 2. The van der Waals surface area contributed by atoms with Crippen molar-refractivity contribution in [3.8, 4) is 11.1 Å². The van der Waals surface area contributed by atoms with Crippen molar-refractivity contribution >= 4 is 67.6 Å². The lowest BCUT2D eigenvalue weighted by Crippen LogP contribution is -2.52. The molecule has 7 atom stereocenters. The molecule has 1 aliphatic carbocycles. The van der Waals surface area contributed by atoms with Crippen LogP contribution in [0, 0.1) is 23.7 Å². The summed E-state index contributed by atoms with van der Waals surface area (Å²) >= 11 is 0. The molecule has 1 unspecified atom stereocenters. The number of nitrogens with zero attached hydrogens (tertiary/aromatic N) is 4. The van der Waals surface area contributed by atoms with Crippen molar-refractivity contribution in [1.29, 1.82) is 0 Å². The molecule has 3 aliphatic rings. The highest BCUT2D eigenvalue weighted by atomic mass is 16.5. The first kappa shape index (κ1) is 41.1. The number of rotatable bonds is 11. The van der Waals surface area contributed by atoms with E-state index in [0.29, 0.717) is 31.3 Å². The smallest absolute Gasteiger partial charge is 0.407 e. The number of fused-ring (bicyclic) bond motifs is 7. The van der Waals surface area contributed by atoms with Crippen LogP contribution in [0.1, 0.15) is 70.7 Å². The van der Waals surface area contributed by atoms with Crippen molar-refractivity contribution in [3.05, 3.63) is 72.3 Å². The number of methoxy groups -OCH3 is 3. The highest BCUT2D eigenvalue weighted by molar-refractivity contribution is 6.07. The number of nitrogens with one attached hydrogen (secondary N) is 4. The second-order valence-electron chi connectivity index (χ2n) is 17.9. The Bertz CT molecular complexity index is 2720. The van der Waals surface area contributed by atoms with Crippen molar-refractivity contribution in [3.63, 3.8) is 0 Å². The molecule has 4 aromatic carbocycles. The van der Waals surface area contributed by atoms with Crippen molar-refractivity contribution in [2.24, 2.45) is 23.7 Å². The number of amides is 4. The maximum Gasteiger partial charge on any atom is 0.407 e. The van der Waals surface area contributed by atoms with Gasteiger partial charge in [-0.2, -0.15) is 0 Å². The predicted octanol–water partition coefficient (Wildman–Crippen LogP) is 7.37. The number of aromatic nitrogens is 4. The summed E-state index contributed by atoms with van der Waals surface area (Å²) in [5, 5.41) is 9.59. The van der Waals surface area contributed by atoms with Crippen LogP contribution in [-0.2, 0) is 23.8 Å². The first-order valence-corrected chi connectivity index (χ1v) is 21.5. The van der Waals surface area contributed by atoms with E-state index in [-0.39, 0.29) is 47.7 Å². The van der Waals surface area contributed by atoms with Gasteiger partial charge in [-0.05, 0) is 83.2 Å². The lowest BCUT2D eigenvalue weighted by atomic mass is 9.98. The summed E-state index contributed by atoms with van der Waals surface area (Å²) in [6, 6.07) is 19.3. The fraction of sp³-hybridized carbons (Fsp3) is 0.447. The number of carbonyl (C=O) groups is 4. The quantitative estimate of drug-likeness (QED) is 0.103. The molecule has 4 amide bonds. The van der Waals surface area contributed by atoms with Gasteiger partial charge < -0.3 is 44.6 Å². The van der Waals surface area contributed by atoms with Crippen LogP contribution in [0.5, 0.6) is 0 Å². The monoisotopic (exact) mass is 842 g/mol. The zero-order valence-corrected chi connectivity index (χ0v) is 36.2. The van der Waals surface area contributed by atoms with Crippen LogP contribution in [0.2, 0.25) is 0 Å². The Kier molecular flexibility index (Phi) is 10.8. The van der Waals surface area contributed by atoms with Crippen molar-refractivity contribution in [2.75, 3.05) is 34.5 Å². The minimum absolute atomic E-state index is 0.103. The number of carbonyl (C=O) groups excluding carboxylic acids is 4. The van der Waals surface area contributed by atoms with Crippen LogP contribution in [0.4, 0.5) is 9.59 Å². The Balaban J connectivity index is 0.987. The molecular formula is C47H54N8O7. The van der Waals surface area contributed by atoms with Crippen LogP contribution in [-0.4, -0.2) is 106 Å². The number of hydrogen-bond acceptors (Lipinski definition) is 9. The molecule has 2 aromatic heterocycles. The SMILES string of the molecule is COC[C@H]1C[C@@H](c2nc3c(ccc4cc(-c5ccc6c(ccc7[nH]c([C@@H]8C[C@H]9C[C@H]9N8C(=O)C(NC(=O)OC)C(C)C)nc76)c5)ccc43)[nH]2)N(C(=O)[C@@H](NC(=O)OC)C(C)C)C1. The van der Waals surface area contributed by atoms with E-state index < -0.39 is 24.3 Å². The third-order valence-corrected chi connectivity index (χ3v) is 13.2. The zero-order chi connectivity index (χ0) is 43.6. The summed E-state index contributed by atoms with van der Waals surface area (Å²) in [5.41, 5.74) is 5.59. The van der Waals surface area contributed by atoms with Crippen LogP contribution < -0.4 is 10.6 Å². The van der Waals surface area contributed by atoms with Crippen molar-refractivity contribution in [1.82, 2.24) is 40.4 Å². The second kappa shape index (κ2) is 16.2. The van der Waals surface area contributed by atoms with Gasteiger partial charge in [0.25, 0.3) is 0 Å². The molecule has 324 valence electrons. The Morgan fingerprint density at radius 2 is 1.23 bits per heavy atom. The number of ether oxygens (including phenoxy) is 3. The number of likely N-dealkylation sites (tertiary alicyclic amines) is 2. The number of H-pyrrole nitrogens is 2. The van der Waals surface area contributed by atoms with Crippen LogP contribution in [0.3, 0.4) is 0 Å². The minimum atomic E-state index is -0.750. The molecule has 15 nitrogen and oxygen atoms in total. The van der Waals surface area contributed by atoms with Gasteiger partial charge in [0.05, 0.1) is 55.0 Å². The molecule has 4 N–H and O–H groups in total. The normalized spacial score (nSPS) is 21.9. The summed E-state index contributed by atoms with van der Waals surface area (Å²) in [6.45, 7) is 8.65. The van der Waals surface area contributed by atoms with E-state index in [1.54, 1.807) is 7.11 Å². The van der Waals surface area contributed by atoms with E-state index in [9.17, 15) is 19.2 Å². The number of piperidine rings is 1. The molecule has 3 fully saturated rings. The number of hydrogen-bond donors (Lipinski definition) is 4. The maximum atomic E-state index is 14.0. The molecule has 0 bridgehead atoms. The molecule has 2 aliphatic heterocycles. The summed E-state index contributed by atoms with van der Waals surface area (Å²) < 4.78 is 15.2. The fourth-order valence-corrected chi connectivity index (χ4v) is 9.85. The standard InChI is InChI=1S/C47H54N8O7/c1-23(2)38(52-46(58)61-6)44(56)54-21-25(22-60-5)16-36(54)42-48-33-14-10-28-17-26(8-12-31(28)40(33)50-42)27-9-13-32-29(18-27)11-15-34-41(32)51-43(49-34)37-20-30-19-35(30)55(37)45(57)39(24(3)4)53-47(59)62-7/h8-15,17-18,23-25,30,35-39H,16,19-22H2,1-7H3,(H,48,50)(H,49,51)(H,52,58)(H,53,59)/t25-,30+,35+,36-,37-,38-,39?/m0/s1. The van der Waals surface area contributed by atoms with Crippen molar-refractivity contribution < 1.29 is 33.4 Å². The molecule has 1 saturated carbocycles. The molecule has 0 radical (unpaired) electrons. The second-order valence-corrected chi connectivity index (χ2v) is 17.9. The largest absolute Gasteiger partial charge is 0.453 e. The predicted molar refractivity (Wildman–Crippen MR) is 235 cm³/mol. The molecule has 15 heteroatoms. The van der Waals surface area contributed by atoms with Gasteiger partial charge in [-0.1, -0.05) is 64.1 Å². The van der Waals surface area contributed by atoms with Gasteiger partial charge in [-0.3, -0.25) is 9.59 Å². The average Bonchev–Trinajstić information content (AvgIpc) is 3.69. The number of aromatic amines is 2. The van der Waals surface area contributed by atoms with Gasteiger partial charge in [-0.25, -0.2) is 19.6 Å². The topological polar surface area (TPSA) is 184 Å². The van der Waals surface area contributed by atoms with Gasteiger partial charge in [0.2, 0.25) is 11.8 Å². The zero-order valence-electron chi connectivity index (χ0n) is 36.2. The van der Waals surface area contributed by atoms with Gasteiger partial charge in [0.1, 0.15) is 23.7 Å². The highest BCUT2D eigenvalue weighted by Crippen LogP contribution is 2.53. The van der Waals surface area contributed by atoms with E-state index in [1.165, 1.54) is 14.2 Å².